The molecule has 0 aromatic heterocycles. The van der Waals surface area contributed by atoms with Crippen molar-refractivity contribution in [1.82, 2.24) is 10.2 Å². The molecule has 0 unspecified atom stereocenters. The summed E-state index contributed by atoms with van der Waals surface area (Å²) in [4.78, 5) is 28.0. The van der Waals surface area contributed by atoms with Gasteiger partial charge in [-0.25, -0.2) is 0 Å². The fourth-order valence-corrected chi connectivity index (χ4v) is 4.73. The van der Waals surface area contributed by atoms with Crippen LogP contribution in [0, 0.1) is 6.92 Å². The number of amides is 2. The molecule has 6 heteroatoms. The fraction of sp³-hybridized carbons (Fsp3) is 0.259. The van der Waals surface area contributed by atoms with Gasteiger partial charge in [0, 0.05) is 30.8 Å². The number of hydrogen-bond acceptors (Lipinski definition) is 3. The molecule has 0 radical (unpaired) electrons. The highest BCUT2D eigenvalue weighted by Gasteiger charge is 2.30. The molecule has 172 valence electrons. The fourth-order valence-electron chi connectivity index (χ4n) is 3.67. The van der Waals surface area contributed by atoms with Crippen molar-refractivity contribution in [2.75, 3.05) is 12.8 Å². The number of nitrogens with zero attached hydrogens (tertiary/aromatic N) is 1. The number of hydrogen-bond donors (Lipinski definition) is 1. The first-order valence-corrected chi connectivity index (χ1v) is 12.4. The number of benzene rings is 3. The Morgan fingerprint density at radius 2 is 1.67 bits per heavy atom. The van der Waals surface area contributed by atoms with Crippen LogP contribution in [0.2, 0.25) is 5.02 Å². The van der Waals surface area contributed by atoms with Gasteiger partial charge in [0.2, 0.25) is 11.8 Å². The molecule has 1 N–H and O–H groups in total. The van der Waals surface area contributed by atoms with Crippen molar-refractivity contribution in [1.29, 1.82) is 0 Å². The van der Waals surface area contributed by atoms with Crippen LogP contribution in [0.5, 0.6) is 0 Å². The van der Waals surface area contributed by atoms with E-state index in [4.69, 9.17) is 11.6 Å². The standard InChI is InChI=1S/C27H29ClN2O2S/c1-20-9-8-12-22(15-20)18-33-19-26(31)30(17-23-13-6-7-14-24(23)28)25(27(32)29-2)16-21-10-4-3-5-11-21/h3-15,25H,16-19H2,1-2H3,(H,29,32)/t25-/m0/s1. The number of halogens is 1. The molecule has 0 spiro atoms. The molecule has 33 heavy (non-hydrogen) atoms. The summed E-state index contributed by atoms with van der Waals surface area (Å²) in [5.41, 5.74) is 4.19. The van der Waals surface area contributed by atoms with Gasteiger partial charge in [-0.05, 0) is 29.7 Å². The minimum Gasteiger partial charge on any atom is -0.357 e. The second-order valence-corrected chi connectivity index (χ2v) is 9.31. The molecule has 0 bridgehead atoms. The van der Waals surface area contributed by atoms with Crippen molar-refractivity contribution in [3.8, 4) is 0 Å². The topological polar surface area (TPSA) is 49.4 Å². The minimum atomic E-state index is -0.638. The summed E-state index contributed by atoms with van der Waals surface area (Å²) in [6.45, 7) is 2.33. The van der Waals surface area contributed by atoms with E-state index in [1.807, 2.05) is 54.6 Å². The van der Waals surface area contributed by atoms with Crippen molar-refractivity contribution in [3.63, 3.8) is 0 Å². The van der Waals surface area contributed by atoms with Gasteiger partial charge in [0.05, 0.1) is 5.75 Å². The van der Waals surface area contributed by atoms with Crippen molar-refractivity contribution in [2.45, 2.75) is 31.7 Å². The van der Waals surface area contributed by atoms with Crippen LogP contribution in [-0.2, 0) is 28.3 Å². The molecule has 0 aliphatic heterocycles. The van der Waals surface area contributed by atoms with Gasteiger partial charge in [-0.1, -0.05) is 90.0 Å². The van der Waals surface area contributed by atoms with E-state index in [9.17, 15) is 9.59 Å². The van der Waals surface area contributed by atoms with E-state index in [0.717, 1.165) is 16.9 Å². The predicted molar refractivity (Wildman–Crippen MR) is 137 cm³/mol. The molecule has 1 atom stereocenters. The number of nitrogens with one attached hydrogen (secondary N) is 1. The Morgan fingerprint density at radius 1 is 0.970 bits per heavy atom. The van der Waals surface area contributed by atoms with Crippen LogP contribution in [0.4, 0.5) is 0 Å². The quantitative estimate of drug-likeness (QED) is 0.430. The maximum atomic E-state index is 13.5. The molecule has 0 heterocycles. The molecule has 3 aromatic carbocycles. The Morgan fingerprint density at radius 3 is 2.36 bits per heavy atom. The molecule has 0 aliphatic carbocycles. The average Bonchev–Trinajstić information content (AvgIpc) is 2.82. The molecule has 3 rings (SSSR count). The average molecular weight is 481 g/mol. The molecule has 0 fully saturated rings. The second kappa shape index (κ2) is 12.5. The molecule has 0 aliphatic rings. The number of carbonyl (C=O) groups excluding carboxylic acids is 2. The summed E-state index contributed by atoms with van der Waals surface area (Å²) in [6.07, 6.45) is 0.430. The van der Waals surface area contributed by atoms with Gasteiger partial charge >= 0.3 is 0 Å². The first-order valence-electron chi connectivity index (χ1n) is 10.9. The number of carbonyl (C=O) groups is 2. The third kappa shape index (κ3) is 7.37. The predicted octanol–water partition coefficient (Wildman–Crippen LogP) is 5.27. The van der Waals surface area contributed by atoms with Crippen LogP contribution in [0.1, 0.15) is 22.3 Å². The van der Waals surface area contributed by atoms with E-state index in [2.05, 4.69) is 30.4 Å². The normalized spacial score (nSPS) is 11.6. The second-order valence-electron chi connectivity index (χ2n) is 7.91. The minimum absolute atomic E-state index is 0.0860. The number of aryl methyl sites for hydroxylation is 1. The van der Waals surface area contributed by atoms with Crippen LogP contribution >= 0.6 is 23.4 Å². The zero-order valence-corrected chi connectivity index (χ0v) is 20.5. The van der Waals surface area contributed by atoms with E-state index in [-0.39, 0.29) is 24.1 Å². The number of thioether (sulfide) groups is 1. The first-order chi connectivity index (χ1) is 16.0. The zero-order chi connectivity index (χ0) is 23.6. The summed E-state index contributed by atoms with van der Waals surface area (Å²) >= 11 is 7.96. The lowest BCUT2D eigenvalue weighted by Crippen LogP contribution is -2.50. The molecule has 2 amide bonds. The van der Waals surface area contributed by atoms with Crippen LogP contribution in [0.25, 0.3) is 0 Å². The first kappa shape index (κ1) is 24.9. The van der Waals surface area contributed by atoms with Gasteiger partial charge in [-0.2, -0.15) is 0 Å². The molecule has 0 saturated heterocycles. The lowest BCUT2D eigenvalue weighted by atomic mass is 10.0. The Balaban J connectivity index is 1.82. The van der Waals surface area contributed by atoms with Gasteiger partial charge < -0.3 is 10.2 Å². The summed E-state index contributed by atoms with van der Waals surface area (Å²) in [5, 5.41) is 3.32. The molecular weight excluding hydrogens is 452 g/mol. The Kier molecular flexibility index (Phi) is 9.40. The lowest BCUT2D eigenvalue weighted by molar-refractivity contribution is -0.139. The maximum Gasteiger partial charge on any atom is 0.242 e. The highest BCUT2D eigenvalue weighted by atomic mass is 35.5. The van der Waals surface area contributed by atoms with E-state index in [0.29, 0.717) is 11.4 Å². The highest BCUT2D eigenvalue weighted by Crippen LogP contribution is 2.22. The van der Waals surface area contributed by atoms with E-state index < -0.39 is 6.04 Å². The van der Waals surface area contributed by atoms with Crippen molar-refractivity contribution in [2.24, 2.45) is 0 Å². The van der Waals surface area contributed by atoms with Crippen molar-refractivity contribution in [3.05, 3.63) is 106 Å². The highest BCUT2D eigenvalue weighted by molar-refractivity contribution is 7.99. The third-order valence-corrected chi connectivity index (χ3v) is 6.75. The molecule has 4 nitrogen and oxygen atoms in total. The van der Waals surface area contributed by atoms with E-state index >= 15 is 0 Å². The van der Waals surface area contributed by atoms with Crippen LogP contribution in [0.15, 0.2) is 78.9 Å². The zero-order valence-electron chi connectivity index (χ0n) is 19.0. The number of rotatable bonds is 10. The molecule has 3 aromatic rings. The van der Waals surface area contributed by atoms with E-state index in [1.165, 1.54) is 11.1 Å². The summed E-state index contributed by atoms with van der Waals surface area (Å²) in [7, 11) is 1.60. The molecule has 0 saturated carbocycles. The Bertz CT molecular complexity index is 1070. The maximum absolute atomic E-state index is 13.5. The van der Waals surface area contributed by atoms with Gasteiger partial charge in [0.15, 0.2) is 0 Å². The number of likely N-dealkylation sites (N-methyl/N-ethyl adjacent to an activating group) is 1. The summed E-state index contributed by atoms with van der Waals surface area (Å²) in [5.74, 6) is 0.734. The summed E-state index contributed by atoms with van der Waals surface area (Å²) in [6, 6.07) is 24.8. The largest absolute Gasteiger partial charge is 0.357 e. The molecular formula is C27H29ClN2O2S. The monoisotopic (exact) mass is 480 g/mol. The van der Waals surface area contributed by atoms with Gasteiger partial charge in [0.25, 0.3) is 0 Å². The van der Waals surface area contributed by atoms with Gasteiger partial charge in [-0.3, -0.25) is 9.59 Å². The van der Waals surface area contributed by atoms with E-state index in [1.54, 1.807) is 29.8 Å². The van der Waals surface area contributed by atoms with Gasteiger partial charge in [-0.15, -0.1) is 11.8 Å². The van der Waals surface area contributed by atoms with Crippen LogP contribution in [-0.4, -0.2) is 35.6 Å². The Labute approximate surface area is 205 Å². The SMILES string of the molecule is CNC(=O)[C@H](Cc1ccccc1)N(Cc1ccccc1Cl)C(=O)CSCc1cccc(C)c1. The van der Waals surface area contributed by atoms with Crippen LogP contribution < -0.4 is 5.32 Å². The van der Waals surface area contributed by atoms with Crippen molar-refractivity contribution >= 4 is 35.2 Å². The summed E-state index contributed by atoms with van der Waals surface area (Å²) < 4.78 is 0. The Hall–Kier alpha value is -2.76. The van der Waals surface area contributed by atoms with Gasteiger partial charge in [0.1, 0.15) is 6.04 Å². The third-order valence-electron chi connectivity index (χ3n) is 5.39. The van der Waals surface area contributed by atoms with Crippen LogP contribution in [0.3, 0.4) is 0 Å². The lowest BCUT2D eigenvalue weighted by Gasteiger charge is -2.31. The van der Waals surface area contributed by atoms with Crippen molar-refractivity contribution < 1.29 is 9.59 Å². The smallest absolute Gasteiger partial charge is 0.242 e.